The van der Waals surface area contributed by atoms with Crippen LogP contribution < -0.4 is 21.3 Å². The Hall–Kier alpha value is -4.07. The molecule has 0 radical (unpaired) electrons. The average Bonchev–Trinajstić information content (AvgIpc) is 2.99. The molecule has 29 heavy (non-hydrogen) atoms. The van der Waals surface area contributed by atoms with Gasteiger partial charge in [-0.3, -0.25) is 19.6 Å². The minimum atomic E-state index is -0.753. The topological polar surface area (TPSA) is 124 Å². The van der Waals surface area contributed by atoms with Crippen LogP contribution in [0.5, 0.6) is 11.5 Å². The third-order valence-electron chi connectivity index (χ3n) is 5.30. The van der Waals surface area contributed by atoms with E-state index >= 15 is 0 Å². The molecule has 8 heteroatoms. The molecule has 1 unspecified atom stereocenters. The molecule has 1 aromatic heterocycles. The van der Waals surface area contributed by atoms with Crippen LogP contribution in [0.25, 0.3) is 5.70 Å². The van der Waals surface area contributed by atoms with E-state index in [-0.39, 0.29) is 28.7 Å². The fraction of sp³-hybridized carbons (Fsp3) is 0.0952. The molecule has 0 bridgehead atoms. The molecule has 0 fully saturated rings. The van der Waals surface area contributed by atoms with Gasteiger partial charge < -0.3 is 15.2 Å². The number of benzene rings is 2. The number of fused-ring (bicyclic) bond motifs is 3. The van der Waals surface area contributed by atoms with E-state index in [4.69, 9.17) is 4.74 Å². The molecule has 0 spiro atoms. The second-order valence-electron chi connectivity index (χ2n) is 6.85. The predicted molar refractivity (Wildman–Crippen MR) is 106 cm³/mol. The van der Waals surface area contributed by atoms with Gasteiger partial charge in [0.1, 0.15) is 5.82 Å². The molecule has 1 aliphatic heterocycles. The number of ether oxygens (including phenoxy) is 1. The van der Waals surface area contributed by atoms with Crippen molar-refractivity contribution in [2.24, 2.45) is 0 Å². The number of aromatic amines is 2. The number of H-pyrrole nitrogens is 2. The Kier molecular flexibility index (Phi) is 3.51. The number of carbonyl (C=O) groups excluding carboxylic acids is 1. The van der Waals surface area contributed by atoms with E-state index in [9.17, 15) is 19.5 Å². The van der Waals surface area contributed by atoms with E-state index in [0.29, 0.717) is 28.0 Å². The summed E-state index contributed by atoms with van der Waals surface area (Å²) in [6.45, 7) is 0. The number of carbonyl (C=O) groups is 1. The van der Waals surface area contributed by atoms with Gasteiger partial charge in [0.25, 0.3) is 5.56 Å². The molecule has 1 aliphatic carbocycles. The number of hydrogen-bond donors (Lipinski definition) is 4. The molecule has 0 saturated heterocycles. The van der Waals surface area contributed by atoms with Crippen molar-refractivity contribution in [1.29, 1.82) is 0 Å². The number of allylic oxidation sites excluding steroid dienone is 1. The van der Waals surface area contributed by atoms with E-state index in [1.807, 2.05) is 12.1 Å². The molecular weight excluding hydrogens is 374 g/mol. The summed E-state index contributed by atoms with van der Waals surface area (Å²) < 4.78 is 5.20. The van der Waals surface area contributed by atoms with Gasteiger partial charge in [0.2, 0.25) is 0 Å². The van der Waals surface area contributed by atoms with E-state index in [0.717, 1.165) is 0 Å². The Morgan fingerprint density at radius 3 is 2.52 bits per heavy atom. The Morgan fingerprint density at radius 1 is 1.00 bits per heavy atom. The normalized spacial score (nSPS) is 16.7. The summed E-state index contributed by atoms with van der Waals surface area (Å²) >= 11 is 0. The number of Topliss-reactive ketones (excluding diaryl/α,β-unsaturated/α-hetero) is 1. The van der Waals surface area contributed by atoms with Crippen molar-refractivity contribution in [2.75, 3.05) is 12.4 Å². The molecule has 2 aliphatic rings. The molecule has 0 amide bonds. The highest BCUT2D eigenvalue weighted by Gasteiger charge is 2.41. The minimum Gasteiger partial charge on any atom is -0.504 e. The maximum Gasteiger partial charge on any atom is 0.327 e. The number of rotatable bonds is 2. The van der Waals surface area contributed by atoms with Gasteiger partial charge in [0.15, 0.2) is 17.3 Å². The van der Waals surface area contributed by atoms with Gasteiger partial charge in [-0.25, -0.2) is 4.79 Å². The fourth-order valence-electron chi connectivity index (χ4n) is 4.06. The van der Waals surface area contributed by atoms with E-state index in [1.165, 1.54) is 13.2 Å². The molecule has 0 saturated carbocycles. The molecule has 8 nitrogen and oxygen atoms in total. The molecule has 5 rings (SSSR count). The van der Waals surface area contributed by atoms with Crippen LogP contribution >= 0.6 is 0 Å². The average molecular weight is 389 g/mol. The zero-order valence-electron chi connectivity index (χ0n) is 15.2. The van der Waals surface area contributed by atoms with Crippen molar-refractivity contribution < 1.29 is 14.6 Å². The smallest absolute Gasteiger partial charge is 0.327 e. The maximum atomic E-state index is 13.3. The van der Waals surface area contributed by atoms with Crippen molar-refractivity contribution in [1.82, 2.24) is 9.97 Å². The number of aromatic nitrogens is 2. The summed E-state index contributed by atoms with van der Waals surface area (Å²) in [5, 5.41) is 13.0. The zero-order chi connectivity index (χ0) is 20.3. The number of anilines is 1. The minimum absolute atomic E-state index is 0.0592. The summed E-state index contributed by atoms with van der Waals surface area (Å²) in [7, 11) is 1.42. The lowest BCUT2D eigenvalue weighted by molar-refractivity contribution is 0.103. The largest absolute Gasteiger partial charge is 0.504 e. The lowest BCUT2D eigenvalue weighted by Crippen LogP contribution is -2.33. The highest BCUT2D eigenvalue weighted by atomic mass is 16.5. The molecule has 4 N–H and O–H groups in total. The lowest BCUT2D eigenvalue weighted by Gasteiger charge is -2.27. The molecular formula is C21H15N3O5. The number of ketones is 1. The van der Waals surface area contributed by atoms with E-state index in [1.54, 1.807) is 24.3 Å². The van der Waals surface area contributed by atoms with Crippen LogP contribution in [0.15, 0.2) is 57.6 Å². The summed E-state index contributed by atoms with van der Waals surface area (Å²) in [5.41, 5.74) is 1.74. The second-order valence-corrected chi connectivity index (χ2v) is 6.85. The fourth-order valence-corrected chi connectivity index (χ4v) is 4.06. The Balaban J connectivity index is 1.83. The molecule has 2 aromatic carbocycles. The van der Waals surface area contributed by atoms with Crippen LogP contribution in [-0.4, -0.2) is 28.0 Å². The van der Waals surface area contributed by atoms with Gasteiger partial charge >= 0.3 is 5.69 Å². The first-order chi connectivity index (χ1) is 14.0. The van der Waals surface area contributed by atoms with Crippen molar-refractivity contribution in [3.8, 4) is 11.5 Å². The van der Waals surface area contributed by atoms with Crippen LogP contribution in [0.3, 0.4) is 0 Å². The second kappa shape index (κ2) is 5.96. The van der Waals surface area contributed by atoms with Crippen LogP contribution in [0.2, 0.25) is 0 Å². The summed E-state index contributed by atoms with van der Waals surface area (Å²) in [6.07, 6.45) is 0. The van der Waals surface area contributed by atoms with Gasteiger partial charge in [-0.05, 0) is 17.7 Å². The van der Waals surface area contributed by atoms with Crippen molar-refractivity contribution in [3.05, 3.63) is 91.1 Å². The SMILES string of the molecule is COc1cc(C2C3=C(Nc4[nH]c(=O)[nH]c(=O)c42)c2ccccc2C3=O)ccc1O. The van der Waals surface area contributed by atoms with Crippen LogP contribution in [0.4, 0.5) is 5.82 Å². The first-order valence-corrected chi connectivity index (χ1v) is 8.88. The monoisotopic (exact) mass is 389 g/mol. The van der Waals surface area contributed by atoms with Gasteiger partial charge in [-0.15, -0.1) is 0 Å². The van der Waals surface area contributed by atoms with E-state index < -0.39 is 17.2 Å². The zero-order valence-corrected chi connectivity index (χ0v) is 15.2. The third kappa shape index (κ3) is 2.35. The Bertz CT molecular complexity index is 1350. The van der Waals surface area contributed by atoms with Gasteiger partial charge in [0.05, 0.1) is 18.4 Å². The number of methoxy groups -OCH3 is 1. The number of phenols is 1. The van der Waals surface area contributed by atoms with Gasteiger partial charge in [0, 0.05) is 22.6 Å². The van der Waals surface area contributed by atoms with Gasteiger partial charge in [-0.1, -0.05) is 30.3 Å². The quantitative estimate of drug-likeness (QED) is 0.531. The van der Waals surface area contributed by atoms with Crippen LogP contribution in [0, 0.1) is 0 Å². The predicted octanol–water partition coefficient (Wildman–Crippen LogP) is 1.94. The number of phenolic OH excluding ortho intramolecular Hbond substituents is 1. The Morgan fingerprint density at radius 2 is 1.76 bits per heavy atom. The summed E-state index contributed by atoms with van der Waals surface area (Å²) in [4.78, 5) is 42.7. The number of aromatic hydroxyl groups is 1. The standard InChI is InChI=1S/C21H15N3O5/c1-29-13-8-9(6-7-12(13)25)14-15-17(10-4-2-3-5-11(10)18(15)26)22-19-16(14)20(27)24-21(28)23-19/h2-8,14,25H,1H3,(H3,22,23,24,27,28). The molecule has 2 heterocycles. The molecule has 1 atom stereocenters. The van der Waals surface area contributed by atoms with Crippen molar-refractivity contribution in [3.63, 3.8) is 0 Å². The highest BCUT2D eigenvalue weighted by Crippen LogP contribution is 2.48. The van der Waals surface area contributed by atoms with Crippen molar-refractivity contribution in [2.45, 2.75) is 5.92 Å². The summed E-state index contributed by atoms with van der Waals surface area (Å²) in [5.74, 6) is -0.559. The van der Waals surface area contributed by atoms with Crippen LogP contribution in [0.1, 0.15) is 33.0 Å². The van der Waals surface area contributed by atoms with Gasteiger partial charge in [-0.2, -0.15) is 0 Å². The number of hydrogen-bond acceptors (Lipinski definition) is 6. The number of nitrogens with one attached hydrogen (secondary N) is 3. The summed E-state index contributed by atoms with van der Waals surface area (Å²) in [6, 6.07) is 11.8. The van der Waals surface area contributed by atoms with E-state index in [2.05, 4.69) is 15.3 Å². The lowest BCUT2D eigenvalue weighted by atomic mass is 9.81. The Labute approximate surface area is 163 Å². The maximum absolute atomic E-state index is 13.3. The third-order valence-corrected chi connectivity index (χ3v) is 5.30. The highest BCUT2D eigenvalue weighted by molar-refractivity contribution is 6.23. The van der Waals surface area contributed by atoms with Crippen LogP contribution in [-0.2, 0) is 0 Å². The van der Waals surface area contributed by atoms with Crippen molar-refractivity contribution >= 4 is 17.3 Å². The molecule has 3 aromatic rings. The first kappa shape index (κ1) is 17.1. The first-order valence-electron chi connectivity index (χ1n) is 8.88. The molecule has 144 valence electrons.